The van der Waals surface area contributed by atoms with E-state index in [1.807, 2.05) is 27.7 Å². The van der Waals surface area contributed by atoms with E-state index >= 15 is 0 Å². The molecule has 3 N–H and O–H groups in total. The first-order chi connectivity index (χ1) is 14.0. The third kappa shape index (κ3) is 5.96. The SMILES string of the molecule is CCCCn1c(N)c(N(C(=O)COC(=O)CC(C)(C)C)C2CCCC2)c(=O)[nH]c1=O. The van der Waals surface area contributed by atoms with Gasteiger partial charge in [-0.15, -0.1) is 0 Å². The first-order valence-corrected chi connectivity index (χ1v) is 10.7. The molecular formula is C21H34N4O5. The zero-order chi connectivity index (χ0) is 22.5. The summed E-state index contributed by atoms with van der Waals surface area (Å²) in [6.45, 7) is 7.56. The maximum atomic E-state index is 13.1. The highest BCUT2D eigenvalue weighted by Gasteiger charge is 2.33. The van der Waals surface area contributed by atoms with Crippen molar-refractivity contribution in [2.24, 2.45) is 5.41 Å². The Labute approximate surface area is 176 Å². The van der Waals surface area contributed by atoms with Crippen LogP contribution in [-0.2, 0) is 20.9 Å². The van der Waals surface area contributed by atoms with Crippen LogP contribution in [0.2, 0.25) is 0 Å². The number of H-pyrrole nitrogens is 1. The van der Waals surface area contributed by atoms with E-state index in [0.29, 0.717) is 25.8 Å². The predicted molar refractivity (Wildman–Crippen MR) is 115 cm³/mol. The number of anilines is 2. The number of nitrogens with zero attached hydrogens (tertiary/aromatic N) is 2. The molecular weight excluding hydrogens is 388 g/mol. The molecule has 1 aliphatic carbocycles. The van der Waals surface area contributed by atoms with E-state index in [0.717, 1.165) is 19.3 Å². The zero-order valence-corrected chi connectivity index (χ0v) is 18.5. The third-order valence-electron chi connectivity index (χ3n) is 5.18. The number of ether oxygens (including phenoxy) is 1. The number of hydrogen-bond acceptors (Lipinski definition) is 6. The standard InChI is InChI=1S/C21H34N4O5/c1-5-6-11-24-18(22)17(19(28)23-20(24)29)25(14-9-7-8-10-14)15(26)13-30-16(27)12-21(2,3)4/h14H,5-13,22H2,1-4H3,(H,23,28,29). The van der Waals surface area contributed by atoms with Gasteiger partial charge in [-0.2, -0.15) is 0 Å². The molecule has 1 aromatic heterocycles. The number of aromatic nitrogens is 2. The lowest BCUT2D eigenvalue weighted by Gasteiger charge is -2.30. The summed E-state index contributed by atoms with van der Waals surface area (Å²) in [6.07, 6.45) is 5.00. The van der Waals surface area contributed by atoms with E-state index in [9.17, 15) is 19.2 Å². The summed E-state index contributed by atoms with van der Waals surface area (Å²) in [5.74, 6) is -1.02. The number of nitrogens with two attached hydrogens (primary N) is 1. The maximum Gasteiger partial charge on any atom is 0.330 e. The van der Waals surface area contributed by atoms with Crippen LogP contribution < -0.4 is 21.9 Å². The molecule has 1 aromatic rings. The Balaban J connectivity index is 2.36. The molecule has 168 valence electrons. The van der Waals surface area contributed by atoms with Crippen LogP contribution in [0.3, 0.4) is 0 Å². The Bertz CT molecular complexity index is 875. The molecule has 9 nitrogen and oxygen atoms in total. The van der Waals surface area contributed by atoms with Crippen LogP contribution in [-0.4, -0.2) is 34.1 Å². The summed E-state index contributed by atoms with van der Waals surface area (Å²) >= 11 is 0. The number of esters is 1. The topological polar surface area (TPSA) is 127 Å². The van der Waals surface area contributed by atoms with Crippen molar-refractivity contribution in [2.45, 2.75) is 85.2 Å². The summed E-state index contributed by atoms with van der Waals surface area (Å²) < 4.78 is 6.48. The van der Waals surface area contributed by atoms with Gasteiger partial charge >= 0.3 is 11.7 Å². The Kier molecular flexibility index (Phi) is 7.86. The van der Waals surface area contributed by atoms with E-state index < -0.39 is 29.7 Å². The highest BCUT2D eigenvalue weighted by Crippen LogP contribution is 2.29. The number of carbonyl (C=O) groups excluding carboxylic acids is 2. The lowest BCUT2D eigenvalue weighted by atomic mass is 9.92. The fourth-order valence-electron chi connectivity index (χ4n) is 3.72. The number of hydrogen-bond donors (Lipinski definition) is 2. The van der Waals surface area contributed by atoms with Gasteiger partial charge in [0.2, 0.25) is 0 Å². The highest BCUT2D eigenvalue weighted by atomic mass is 16.5. The lowest BCUT2D eigenvalue weighted by Crippen LogP contribution is -2.47. The second-order valence-corrected chi connectivity index (χ2v) is 9.10. The second kappa shape index (κ2) is 9.95. The zero-order valence-electron chi connectivity index (χ0n) is 18.5. The first kappa shape index (κ1) is 23.7. The second-order valence-electron chi connectivity index (χ2n) is 9.10. The van der Waals surface area contributed by atoms with Crippen LogP contribution in [0.4, 0.5) is 11.5 Å². The first-order valence-electron chi connectivity index (χ1n) is 10.7. The van der Waals surface area contributed by atoms with Gasteiger partial charge in [0.1, 0.15) is 5.82 Å². The highest BCUT2D eigenvalue weighted by molar-refractivity contribution is 5.97. The molecule has 30 heavy (non-hydrogen) atoms. The van der Waals surface area contributed by atoms with Crippen molar-refractivity contribution in [1.29, 1.82) is 0 Å². The van der Waals surface area contributed by atoms with E-state index in [-0.39, 0.29) is 29.4 Å². The van der Waals surface area contributed by atoms with Crippen LogP contribution in [0.25, 0.3) is 0 Å². The summed E-state index contributed by atoms with van der Waals surface area (Å²) in [6, 6.07) is -0.223. The Morgan fingerprint density at radius 3 is 2.43 bits per heavy atom. The van der Waals surface area contributed by atoms with Crippen LogP contribution in [0, 0.1) is 5.41 Å². The van der Waals surface area contributed by atoms with Gasteiger partial charge < -0.3 is 10.5 Å². The molecule has 0 spiro atoms. The largest absolute Gasteiger partial charge is 0.456 e. The molecule has 0 radical (unpaired) electrons. The third-order valence-corrected chi connectivity index (χ3v) is 5.18. The number of aromatic amines is 1. The summed E-state index contributed by atoms with van der Waals surface area (Å²) in [5, 5.41) is 0. The molecule has 1 fully saturated rings. The molecule has 0 atom stereocenters. The fraction of sp³-hybridized carbons (Fsp3) is 0.714. The molecule has 0 bridgehead atoms. The molecule has 1 heterocycles. The number of amides is 1. The van der Waals surface area contributed by atoms with Gasteiger partial charge in [-0.25, -0.2) is 4.79 Å². The van der Waals surface area contributed by atoms with Gasteiger partial charge in [-0.05, 0) is 24.7 Å². The molecule has 1 amide bonds. The van der Waals surface area contributed by atoms with Crippen LogP contribution in [0.15, 0.2) is 9.59 Å². The average Bonchev–Trinajstić information content (AvgIpc) is 3.15. The van der Waals surface area contributed by atoms with Crippen molar-refractivity contribution in [2.75, 3.05) is 17.2 Å². The number of unbranched alkanes of at least 4 members (excludes halogenated alkanes) is 1. The predicted octanol–water partition coefficient (Wildman–Crippen LogP) is 2.17. The van der Waals surface area contributed by atoms with Crippen molar-refractivity contribution in [1.82, 2.24) is 9.55 Å². The minimum atomic E-state index is -0.702. The van der Waals surface area contributed by atoms with Gasteiger partial charge in [0.15, 0.2) is 12.3 Å². The lowest BCUT2D eigenvalue weighted by molar-refractivity contribution is -0.149. The Hall–Kier alpha value is -2.58. The Morgan fingerprint density at radius 1 is 1.23 bits per heavy atom. The van der Waals surface area contributed by atoms with Crippen molar-refractivity contribution in [3.63, 3.8) is 0 Å². The number of nitrogen functional groups attached to an aromatic ring is 1. The molecule has 1 aliphatic rings. The van der Waals surface area contributed by atoms with E-state index in [2.05, 4.69) is 4.98 Å². The minimum absolute atomic E-state index is 0.0292. The minimum Gasteiger partial charge on any atom is -0.456 e. The van der Waals surface area contributed by atoms with Crippen molar-refractivity contribution in [3.05, 3.63) is 20.8 Å². The molecule has 0 aliphatic heterocycles. The molecule has 0 aromatic carbocycles. The monoisotopic (exact) mass is 422 g/mol. The molecule has 2 rings (SSSR count). The molecule has 0 saturated heterocycles. The van der Waals surface area contributed by atoms with Crippen LogP contribution in [0.1, 0.15) is 72.6 Å². The van der Waals surface area contributed by atoms with E-state index in [1.165, 1.54) is 9.47 Å². The van der Waals surface area contributed by atoms with Gasteiger partial charge in [0.05, 0.1) is 6.42 Å². The average molecular weight is 423 g/mol. The number of nitrogens with one attached hydrogen (secondary N) is 1. The van der Waals surface area contributed by atoms with Gasteiger partial charge in [-0.1, -0.05) is 47.0 Å². The Morgan fingerprint density at radius 2 is 1.87 bits per heavy atom. The van der Waals surface area contributed by atoms with Crippen molar-refractivity contribution < 1.29 is 14.3 Å². The van der Waals surface area contributed by atoms with E-state index in [1.54, 1.807) is 0 Å². The van der Waals surface area contributed by atoms with Gasteiger partial charge in [0.25, 0.3) is 11.5 Å². The molecule has 1 saturated carbocycles. The number of rotatable bonds is 8. The number of carbonyl (C=O) groups is 2. The smallest absolute Gasteiger partial charge is 0.330 e. The maximum absolute atomic E-state index is 13.1. The van der Waals surface area contributed by atoms with Gasteiger partial charge in [0, 0.05) is 12.6 Å². The van der Waals surface area contributed by atoms with Gasteiger partial charge in [-0.3, -0.25) is 28.8 Å². The van der Waals surface area contributed by atoms with Crippen LogP contribution in [0.5, 0.6) is 0 Å². The van der Waals surface area contributed by atoms with Crippen molar-refractivity contribution in [3.8, 4) is 0 Å². The van der Waals surface area contributed by atoms with E-state index in [4.69, 9.17) is 10.5 Å². The summed E-state index contributed by atoms with van der Waals surface area (Å²) in [5.41, 5.74) is 4.62. The quantitative estimate of drug-likeness (QED) is 0.618. The van der Waals surface area contributed by atoms with Crippen LogP contribution >= 0.6 is 0 Å². The fourth-order valence-corrected chi connectivity index (χ4v) is 3.72. The molecule has 0 unspecified atom stereocenters. The summed E-state index contributed by atoms with van der Waals surface area (Å²) in [7, 11) is 0. The summed E-state index contributed by atoms with van der Waals surface area (Å²) in [4.78, 5) is 53.7. The molecule has 9 heteroatoms. The normalized spacial score (nSPS) is 14.7. The van der Waals surface area contributed by atoms with Crippen molar-refractivity contribution >= 4 is 23.4 Å².